The minimum atomic E-state index is -0.908. The molecular weight excluding hydrogens is 254 g/mol. The number of hydrogen-bond donors (Lipinski definition) is 1. The van der Waals surface area contributed by atoms with E-state index in [-0.39, 0.29) is 29.2 Å². The lowest BCUT2D eigenvalue weighted by molar-refractivity contribution is -0.310. The van der Waals surface area contributed by atoms with Crippen molar-refractivity contribution >= 4 is 11.9 Å². The Morgan fingerprint density at radius 3 is 2.35 bits per heavy atom. The second-order valence-electron chi connectivity index (χ2n) is 7.79. The normalized spacial score (nSPS) is 43.3. The molecule has 0 aromatic heterocycles. The Hall–Kier alpha value is -1.06. The number of amides is 1. The van der Waals surface area contributed by atoms with E-state index in [9.17, 15) is 14.7 Å². The van der Waals surface area contributed by atoms with Gasteiger partial charge in [-0.2, -0.15) is 0 Å². The van der Waals surface area contributed by atoms with Gasteiger partial charge in [-0.15, -0.1) is 0 Å². The highest BCUT2D eigenvalue weighted by Crippen LogP contribution is 2.67. The molecule has 20 heavy (non-hydrogen) atoms. The van der Waals surface area contributed by atoms with E-state index in [2.05, 4.69) is 12.2 Å². The van der Waals surface area contributed by atoms with Gasteiger partial charge in [-0.3, -0.25) is 4.79 Å². The van der Waals surface area contributed by atoms with Crippen molar-refractivity contribution in [2.24, 2.45) is 22.7 Å². The fraction of sp³-hybridized carbons (Fsp3) is 0.875. The zero-order chi connectivity index (χ0) is 14.5. The summed E-state index contributed by atoms with van der Waals surface area (Å²) in [6.07, 6.45) is 6.80. The molecule has 0 spiro atoms. The minimum Gasteiger partial charge on any atom is -0.550 e. The highest BCUT2D eigenvalue weighted by molar-refractivity contribution is 5.73. The molecule has 4 rings (SSSR count). The Labute approximate surface area is 120 Å². The van der Waals surface area contributed by atoms with Gasteiger partial charge in [0.25, 0.3) is 0 Å². The summed E-state index contributed by atoms with van der Waals surface area (Å²) in [6.45, 7) is 3.66. The first-order chi connectivity index (χ1) is 9.32. The van der Waals surface area contributed by atoms with Crippen LogP contribution in [0.15, 0.2) is 0 Å². The summed E-state index contributed by atoms with van der Waals surface area (Å²) in [5.41, 5.74) is 0.0564. The first-order valence-corrected chi connectivity index (χ1v) is 7.79. The molecule has 5 atom stereocenters. The average Bonchev–Trinajstić information content (AvgIpc) is 2.23. The van der Waals surface area contributed by atoms with Crippen molar-refractivity contribution in [1.82, 2.24) is 5.32 Å². The molecule has 4 aliphatic rings. The molecular formula is C16H24NO3-. The zero-order valence-electron chi connectivity index (χ0n) is 12.4. The number of rotatable bonds is 4. The number of nitrogens with one attached hydrogen (secondary N) is 1. The number of carboxylic acid groups (broad SMARTS) is 1. The van der Waals surface area contributed by atoms with Crippen LogP contribution in [0.1, 0.15) is 58.8 Å². The summed E-state index contributed by atoms with van der Waals surface area (Å²) in [4.78, 5) is 22.5. The lowest BCUT2D eigenvalue weighted by Gasteiger charge is -2.64. The predicted molar refractivity (Wildman–Crippen MR) is 72.5 cm³/mol. The number of carboxylic acids is 1. The fourth-order valence-electron chi connectivity index (χ4n) is 6.00. The molecule has 1 amide bonds. The number of hydrogen-bond acceptors (Lipinski definition) is 3. The quantitative estimate of drug-likeness (QED) is 0.841. The molecule has 112 valence electrons. The molecule has 2 unspecified atom stereocenters. The zero-order valence-corrected chi connectivity index (χ0v) is 12.4. The largest absolute Gasteiger partial charge is 0.550 e. The Kier molecular flexibility index (Phi) is 3.11. The summed E-state index contributed by atoms with van der Waals surface area (Å²) in [6, 6.07) is 0.145. The van der Waals surface area contributed by atoms with Gasteiger partial charge in [0, 0.05) is 18.9 Å². The smallest absolute Gasteiger partial charge is 0.217 e. The Balaban J connectivity index is 1.86. The van der Waals surface area contributed by atoms with Crippen LogP contribution in [0.25, 0.3) is 0 Å². The molecule has 4 saturated carbocycles. The van der Waals surface area contributed by atoms with E-state index in [1.165, 1.54) is 6.42 Å². The molecule has 0 aromatic rings. The summed E-state index contributed by atoms with van der Waals surface area (Å²) >= 11 is 0. The van der Waals surface area contributed by atoms with Crippen LogP contribution in [-0.4, -0.2) is 17.9 Å². The summed E-state index contributed by atoms with van der Waals surface area (Å²) in [5, 5.41) is 14.2. The summed E-state index contributed by atoms with van der Waals surface area (Å²) in [5.74, 6) is 0.398. The maximum absolute atomic E-state index is 11.4. The van der Waals surface area contributed by atoms with E-state index in [1.54, 1.807) is 6.92 Å². The molecule has 4 fully saturated rings. The van der Waals surface area contributed by atoms with Crippen LogP contribution in [-0.2, 0) is 9.59 Å². The van der Waals surface area contributed by atoms with Crippen LogP contribution in [0.3, 0.4) is 0 Å². The van der Waals surface area contributed by atoms with Crippen LogP contribution >= 0.6 is 0 Å². The van der Waals surface area contributed by atoms with Crippen LogP contribution < -0.4 is 10.4 Å². The summed E-state index contributed by atoms with van der Waals surface area (Å²) in [7, 11) is 0. The monoisotopic (exact) mass is 278 g/mol. The predicted octanol–water partition coefficient (Wildman–Crippen LogP) is 1.24. The molecule has 1 N–H and O–H groups in total. The van der Waals surface area contributed by atoms with Gasteiger partial charge in [0.15, 0.2) is 0 Å². The van der Waals surface area contributed by atoms with Crippen molar-refractivity contribution in [2.45, 2.75) is 64.8 Å². The van der Waals surface area contributed by atoms with Gasteiger partial charge in [-0.05, 0) is 74.5 Å². The third kappa shape index (κ3) is 2.23. The number of aliphatic carboxylic acids is 1. The molecule has 0 heterocycles. The van der Waals surface area contributed by atoms with Gasteiger partial charge >= 0.3 is 0 Å². The molecule has 4 nitrogen and oxygen atoms in total. The lowest BCUT2D eigenvalue weighted by Crippen LogP contribution is -2.59. The van der Waals surface area contributed by atoms with Gasteiger partial charge in [0.05, 0.1) is 0 Å². The van der Waals surface area contributed by atoms with E-state index in [4.69, 9.17) is 0 Å². The third-order valence-electron chi connectivity index (χ3n) is 6.09. The maximum Gasteiger partial charge on any atom is 0.217 e. The average molecular weight is 278 g/mol. The Morgan fingerprint density at radius 1 is 1.25 bits per heavy atom. The first-order valence-electron chi connectivity index (χ1n) is 7.79. The lowest BCUT2D eigenvalue weighted by atomic mass is 9.42. The van der Waals surface area contributed by atoms with E-state index < -0.39 is 5.97 Å². The molecule has 4 heteroatoms. The highest BCUT2D eigenvalue weighted by atomic mass is 16.4. The van der Waals surface area contributed by atoms with Gasteiger partial charge in [-0.25, -0.2) is 0 Å². The Bertz CT molecular complexity index is 431. The van der Waals surface area contributed by atoms with E-state index in [1.807, 2.05) is 0 Å². The molecule has 0 aliphatic heterocycles. The van der Waals surface area contributed by atoms with Gasteiger partial charge < -0.3 is 15.2 Å². The summed E-state index contributed by atoms with van der Waals surface area (Å²) < 4.78 is 0. The fourth-order valence-corrected chi connectivity index (χ4v) is 6.00. The number of carbonyl (C=O) groups excluding carboxylic acids is 2. The SMILES string of the molecule is CC(=O)N[C@@H](C)C12C[C@@H]3C[C@@H](CC(CC(=O)[O-])(C3)C1)C2. The third-order valence-corrected chi connectivity index (χ3v) is 6.09. The van der Waals surface area contributed by atoms with Crippen LogP contribution in [0.4, 0.5) is 0 Å². The van der Waals surface area contributed by atoms with Crippen molar-refractivity contribution in [3.05, 3.63) is 0 Å². The standard InChI is InChI=1S/C16H25NO3/c1-10(17-11(2)18)16-6-12-3-13(7-16)5-15(4-12,9-16)8-14(19)20/h10,12-13H,3-9H2,1-2H3,(H,17,18)(H,19,20)/p-1/t10-,12-,13+,15?,16?/m0/s1. The van der Waals surface area contributed by atoms with Crippen molar-refractivity contribution in [3.63, 3.8) is 0 Å². The maximum atomic E-state index is 11.4. The van der Waals surface area contributed by atoms with Crippen molar-refractivity contribution < 1.29 is 14.7 Å². The van der Waals surface area contributed by atoms with Crippen molar-refractivity contribution in [1.29, 1.82) is 0 Å². The molecule has 0 radical (unpaired) electrons. The van der Waals surface area contributed by atoms with E-state index in [0.717, 1.165) is 32.1 Å². The molecule has 4 bridgehead atoms. The van der Waals surface area contributed by atoms with E-state index >= 15 is 0 Å². The topological polar surface area (TPSA) is 69.2 Å². The molecule has 0 aromatic carbocycles. The van der Waals surface area contributed by atoms with Crippen LogP contribution in [0.5, 0.6) is 0 Å². The van der Waals surface area contributed by atoms with Gasteiger partial charge in [0.1, 0.15) is 0 Å². The first kappa shape index (κ1) is 13.9. The number of carbonyl (C=O) groups is 2. The second-order valence-corrected chi connectivity index (χ2v) is 7.79. The van der Waals surface area contributed by atoms with E-state index in [0.29, 0.717) is 11.8 Å². The van der Waals surface area contributed by atoms with Gasteiger partial charge in [0.2, 0.25) is 5.91 Å². The molecule has 0 saturated heterocycles. The second kappa shape index (κ2) is 4.47. The minimum absolute atomic E-state index is 0.0159. The molecule has 4 aliphatic carbocycles. The van der Waals surface area contributed by atoms with Crippen LogP contribution in [0.2, 0.25) is 0 Å². The van der Waals surface area contributed by atoms with Crippen LogP contribution in [0, 0.1) is 22.7 Å². The highest BCUT2D eigenvalue weighted by Gasteiger charge is 2.59. The van der Waals surface area contributed by atoms with Crippen molar-refractivity contribution in [3.8, 4) is 0 Å². The Morgan fingerprint density at radius 2 is 1.85 bits per heavy atom. The van der Waals surface area contributed by atoms with Crippen molar-refractivity contribution in [2.75, 3.05) is 0 Å². The van der Waals surface area contributed by atoms with Gasteiger partial charge in [-0.1, -0.05) is 0 Å².